The van der Waals surface area contributed by atoms with Crippen molar-refractivity contribution in [1.29, 1.82) is 0 Å². The standard InChI is InChI=1S/C15H17BrN2O3/c1-10(17-15(20)21)3-2-7-18-8-6-11-9-12(16)4-5-13(11)14(18)19/h4-6,8-10,17H,2-3,7H2,1H3,(H,20,21)/t10-/m0/s1. The Bertz CT molecular complexity index is 712. The van der Waals surface area contributed by atoms with Crippen molar-refractivity contribution in [2.45, 2.75) is 32.4 Å². The molecule has 0 aliphatic heterocycles. The topological polar surface area (TPSA) is 71.3 Å². The molecule has 2 N–H and O–H groups in total. The second-order valence-electron chi connectivity index (χ2n) is 5.04. The minimum atomic E-state index is -1.02. The third-order valence-electron chi connectivity index (χ3n) is 3.34. The molecular weight excluding hydrogens is 336 g/mol. The van der Waals surface area contributed by atoms with Crippen LogP contribution in [0, 0.1) is 0 Å². The Kier molecular flexibility index (Phi) is 5.01. The summed E-state index contributed by atoms with van der Waals surface area (Å²) in [6, 6.07) is 7.38. The van der Waals surface area contributed by atoms with E-state index in [9.17, 15) is 9.59 Å². The summed E-state index contributed by atoms with van der Waals surface area (Å²) in [5, 5.41) is 12.6. The van der Waals surface area contributed by atoms with Gasteiger partial charge in [-0.1, -0.05) is 15.9 Å². The van der Waals surface area contributed by atoms with Gasteiger partial charge in [0.05, 0.1) is 0 Å². The number of fused-ring (bicyclic) bond motifs is 1. The Morgan fingerprint density at radius 1 is 1.43 bits per heavy atom. The van der Waals surface area contributed by atoms with E-state index in [0.717, 1.165) is 16.3 Å². The number of pyridine rings is 1. The van der Waals surface area contributed by atoms with E-state index in [4.69, 9.17) is 5.11 Å². The van der Waals surface area contributed by atoms with Gasteiger partial charge in [-0.2, -0.15) is 0 Å². The minimum absolute atomic E-state index is 0.0150. The fraction of sp³-hybridized carbons (Fsp3) is 0.333. The zero-order chi connectivity index (χ0) is 15.4. The Hall–Kier alpha value is -1.82. The molecule has 2 aromatic rings. The van der Waals surface area contributed by atoms with Crippen LogP contribution in [0.4, 0.5) is 4.79 Å². The van der Waals surface area contributed by atoms with Crippen LogP contribution in [0.25, 0.3) is 10.8 Å². The number of carboxylic acid groups (broad SMARTS) is 1. The van der Waals surface area contributed by atoms with Gasteiger partial charge in [-0.15, -0.1) is 0 Å². The molecule has 0 spiro atoms. The molecule has 1 aromatic carbocycles. The molecule has 1 atom stereocenters. The van der Waals surface area contributed by atoms with Gasteiger partial charge >= 0.3 is 6.09 Å². The number of amides is 1. The van der Waals surface area contributed by atoms with Crippen molar-refractivity contribution in [3.63, 3.8) is 0 Å². The number of hydrogen-bond acceptors (Lipinski definition) is 2. The maximum Gasteiger partial charge on any atom is 0.404 e. The highest BCUT2D eigenvalue weighted by molar-refractivity contribution is 9.10. The molecule has 0 aliphatic carbocycles. The van der Waals surface area contributed by atoms with Crippen LogP contribution in [0.2, 0.25) is 0 Å². The van der Waals surface area contributed by atoms with Crippen LogP contribution in [0.5, 0.6) is 0 Å². The van der Waals surface area contributed by atoms with Crippen LogP contribution in [-0.2, 0) is 6.54 Å². The van der Waals surface area contributed by atoms with E-state index >= 15 is 0 Å². The van der Waals surface area contributed by atoms with E-state index in [0.29, 0.717) is 18.4 Å². The van der Waals surface area contributed by atoms with E-state index < -0.39 is 6.09 Å². The highest BCUT2D eigenvalue weighted by Crippen LogP contribution is 2.16. The van der Waals surface area contributed by atoms with Crippen molar-refractivity contribution in [3.8, 4) is 0 Å². The predicted octanol–water partition coefficient (Wildman–Crippen LogP) is 3.20. The van der Waals surface area contributed by atoms with Gasteiger partial charge in [-0.25, -0.2) is 4.79 Å². The maximum absolute atomic E-state index is 12.3. The first-order chi connectivity index (χ1) is 9.97. The molecule has 5 nitrogen and oxygen atoms in total. The van der Waals surface area contributed by atoms with Gasteiger partial charge in [0.15, 0.2) is 0 Å². The Morgan fingerprint density at radius 3 is 2.90 bits per heavy atom. The fourth-order valence-electron chi connectivity index (χ4n) is 2.29. The van der Waals surface area contributed by atoms with Crippen molar-refractivity contribution in [2.75, 3.05) is 0 Å². The normalized spacial score (nSPS) is 12.3. The Labute approximate surface area is 130 Å². The average Bonchev–Trinajstić information content (AvgIpc) is 2.40. The van der Waals surface area contributed by atoms with Crippen LogP contribution in [0.1, 0.15) is 19.8 Å². The van der Waals surface area contributed by atoms with Crippen LogP contribution in [-0.4, -0.2) is 21.8 Å². The minimum Gasteiger partial charge on any atom is -0.465 e. The molecule has 1 aromatic heterocycles. The first-order valence-electron chi connectivity index (χ1n) is 6.75. The Balaban J connectivity index is 2.06. The molecule has 1 amide bonds. The monoisotopic (exact) mass is 352 g/mol. The van der Waals surface area contributed by atoms with Crippen molar-refractivity contribution >= 4 is 32.8 Å². The first-order valence-corrected chi connectivity index (χ1v) is 7.55. The summed E-state index contributed by atoms with van der Waals surface area (Å²) >= 11 is 3.39. The highest BCUT2D eigenvalue weighted by Gasteiger charge is 2.06. The number of nitrogens with one attached hydrogen (secondary N) is 1. The summed E-state index contributed by atoms with van der Waals surface area (Å²) in [5.74, 6) is 0. The molecule has 0 aliphatic rings. The van der Waals surface area contributed by atoms with Gasteiger partial charge in [0, 0.05) is 28.6 Å². The molecule has 0 fully saturated rings. The lowest BCUT2D eigenvalue weighted by Gasteiger charge is -2.12. The number of rotatable bonds is 5. The lowest BCUT2D eigenvalue weighted by Crippen LogP contribution is -2.31. The third kappa shape index (κ3) is 4.07. The zero-order valence-electron chi connectivity index (χ0n) is 11.7. The van der Waals surface area contributed by atoms with E-state index in [-0.39, 0.29) is 11.6 Å². The molecular formula is C15H17BrN2O3. The molecule has 0 bridgehead atoms. The van der Waals surface area contributed by atoms with E-state index in [2.05, 4.69) is 21.2 Å². The van der Waals surface area contributed by atoms with E-state index in [1.807, 2.05) is 31.2 Å². The maximum atomic E-state index is 12.3. The summed E-state index contributed by atoms with van der Waals surface area (Å²) in [6.07, 6.45) is 2.20. The number of aryl methyl sites for hydroxylation is 1. The summed E-state index contributed by atoms with van der Waals surface area (Å²) in [6.45, 7) is 2.39. The van der Waals surface area contributed by atoms with Gasteiger partial charge in [0.1, 0.15) is 0 Å². The smallest absolute Gasteiger partial charge is 0.404 e. The largest absolute Gasteiger partial charge is 0.465 e. The van der Waals surface area contributed by atoms with Crippen LogP contribution in [0.15, 0.2) is 39.7 Å². The number of nitrogens with zero attached hydrogens (tertiary/aromatic N) is 1. The van der Waals surface area contributed by atoms with E-state index in [1.165, 1.54) is 0 Å². The van der Waals surface area contributed by atoms with Gasteiger partial charge in [0.2, 0.25) is 0 Å². The molecule has 0 saturated heterocycles. The molecule has 6 heteroatoms. The lowest BCUT2D eigenvalue weighted by molar-refractivity contribution is 0.190. The average molecular weight is 353 g/mol. The lowest BCUT2D eigenvalue weighted by atomic mass is 10.1. The predicted molar refractivity (Wildman–Crippen MR) is 85.8 cm³/mol. The quantitative estimate of drug-likeness (QED) is 0.867. The summed E-state index contributed by atoms with van der Waals surface area (Å²) in [7, 11) is 0. The van der Waals surface area contributed by atoms with E-state index in [1.54, 1.807) is 10.8 Å². The third-order valence-corrected chi connectivity index (χ3v) is 3.84. The van der Waals surface area contributed by atoms with Crippen LogP contribution >= 0.6 is 15.9 Å². The van der Waals surface area contributed by atoms with Gasteiger partial charge in [-0.3, -0.25) is 4.79 Å². The second-order valence-corrected chi connectivity index (χ2v) is 5.95. The van der Waals surface area contributed by atoms with Gasteiger partial charge in [-0.05, 0) is 49.4 Å². The van der Waals surface area contributed by atoms with Crippen molar-refractivity contribution in [1.82, 2.24) is 9.88 Å². The van der Waals surface area contributed by atoms with Crippen LogP contribution < -0.4 is 10.9 Å². The summed E-state index contributed by atoms with van der Waals surface area (Å²) in [4.78, 5) is 22.8. The van der Waals surface area contributed by atoms with Gasteiger partial charge in [0.25, 0.3) is 5.56 Å². The highest BCUT2D eigenvalue weighted by atomic mass is 79.9. The van der Waals surface area contributed by atoms with Crippen molar-refractivity contribution < 1.29 is 9.90 Å². The number of benzene rings is 1. The van der Waals surface area contributed by atoms with Crippen LogP contribution in [0.3, 0.4) is 0 Å². The number of halogens is 1. The first kappa shape index (κ1) is 15.6. The zero-order valence-corrected chi connectivity index (χ0v) is 13.3. The number of aromatic nitrogens is 1. The second kappa shape index (κ2) is 6.76. The number of hydrogen-bond donors (Lipinski definition) is 2. The van der Waals surface area contributed by atoms with Crippen molar-refractivity contribution in [2.24, 2.45) is 0 Å². The Morgan fingerprint density at radius 2 is 2.19 bits per heavy atom. The molecule has 21 heavy (non-hydrogen) atoms. The molecule has 0 unspecified atom stereocenters. The molecule has 112 valence electrons. The molecule has 0 radical (unpaired) electrons. The summed E-state index contributed by atoms with van der Waals surface area (Å²) in [5.41, 5.74) is -0.0150. The molecule has 1 heterocycles. The SMILES string of the molecule is C[C@@H](CCCn1ccc2cc(Br)ccc2c1=O)NC(=O)O. The van der Waals surface area contributed by atoms with Crippen molar-refractivity contribution in [3.05, 3.63) is 45.3 Å². The van der Waals surface area contributed by atoms with Gasteiger partial charge < -0.3 is 15.0 Å². The molecule has 0 saturated carbocycles. The molecule has 2 rings (SSSR count). The summed E-state index contributed by atoms with van der Waals surface area (Å²) < 4.78 is 2.62. The fourth-order valence-corrected chi connectivity index (χ4v) is 2.66. The number of carbonyl (C=O) groups is 1.